The van der Waals surface area contributed by atoms with Crippen molar-refractivity contribution in [2.45, 2.75) is 38.3 Å². The van der Waals surface area contributed by atoms with Gasteiger partial charge < -0.3 is 11.1 Å². The summed E-state index contributed by atoms with van der Waals surface area (Å²) in [6.07, 6.45) is 12.4. The zero-order valence-electron chi connectivity index (χ0n) is 14.5. The van der Waals surface area contributed by atoms with E-state index in [-0.39, 0.29) is 0 Å². The van der Waals surface area contributed by atoms with Crippen molar-refractivity contribution in [3.05, 3.63) is 42.7 Å². The number of anilines is 1. The number of nitrogens with one attached hydrogen (secondary N) is 1. The maximum atomic E-state index is 5.83. The number of imidazole rings is 1. The molecule has 4 aromatic rings. The lowest BCUT2D eigenvalue weighted by Gasteiger charge is -2.32. The SMILES string of the molecule is CCc1cnc2ncc(-c3ccn4nc(NC5CC(N)C5)ncc34)cn12. The summed E-state index contributed by atoms with van der Waals surface area (Å²) in [6.45, 7) is 2.11. The van der Waals surface area contributed by atoms with Crippen LogP contribution in [0.5, 0.6) is 0 Å². The number of nitrogens with zero attached hydrogens (tertiary/aromatic N) is 6. The minimum Gasteiger partial charge on any atom is -0.350 e. The standard InChI is InChI=1S/C18H20N8/c1-2-14-8-22-18-21-7-11(10-25(14)18)15-3-4-26-16(15)9-20-17(24-26)23-13-5-12(19)6-13/h3-4,7-10,12-13H,2,5-6,19H2,1H3,(H,23,24). The molecule has 0 atom stereocenters. The molecule has 8 heteroatoms. The van der Waals surface area contributed by atoms with Gasteiger partial charge in [-0.05, 0) is 25.3 Å². The quantitative estimate of drug-likeness (QED) is 0.584. The summed E-state index contributed by atoms with van der Waals surface area (Å²) in [4.78, 5) is 13.3. The fourth-order valence-corrected chi connectivity index (χ4v) is 3.49. The van der Waals surface area contributed by atoms with Crippen molar-refractivity contribution in [2.24, 2.45) is 5.73 Å². The molecule has 26 heavy (non-hydrogen) atoms. The summed E-state index contributed by atoms with van der Waals surface area (Å²) >= 11 is 0. The Labute approximate surface area is 150 Å². The summed E-state index contributed by atoms with van der Waals surface area (Å²) in [5.41, 5.74) is 9.98. The smallest absolute Gasteiger partial charge is 0.241 e. The molecule has 4 aromatic heterocycles. The molecule has 0 bridgehead atoms. The first-order valence-electron chi connectivity index (χ1n) is 8.90. The third-order valence-electron chi connectivity index (χ3n) is 5.04. The molecule has 1 fully saturated rings. The largest absolute Gasteiger partial charge is 0.350 e. The van der Waals surface area contributed by atoms with Crippen molar-refractivity contribution in [1.29, 1.82) is 0 Å². The van der Waals surface area contributed by atoms with E-state index in [4.69, 9.17) is 5.73 Å². The molecule has 0 radical (unpaired) electrons. The van der Waals surface area contributed by atoms with Crippen LogP contribution in [0.2, 0.25) is 0 Å². The first kappa shape index (κ1) is 15.3. The Hall–Kier alpha value is -3.00. The van der Waals surface area contributed by atoms with Crippen molar-refractivity contribution in [2.75, 3.05) is 5.32 Å². The molecular formula is C18H20N8. The highest BCUT2D eigenvalue weighted by molar-refractivity contribution is 5.79. The van der Waals surface area contributed by atoms with Gasteiger partial charge in [0, 0.05) is 47.5 Å². The highest BCUT2D eigenvalue weighted by atomic mass is 15.3. The monoisotopic (exact) mass is 348 g/mol. The lowest BCUT2D eigenvalue weighted by atomic mass is 9.88. The number of hydrogen-bond donors (Lipinski definition) is 2. The Bertz CT molecular complexity index is 1090. The van der Waals surface area contributed by atoms with Crippen molar-refractivity contribution < 1.29 is 0 Å². The van der Waals surface area contributed by atoms with E-state index in [1.165, 1.54) is 0 Å². The molecule has 132 valence electrons. The van der Waals surface area contributed by atoms with Crippen molar-refractivity contribution >= 4 is 17.2 Å². The summed E-state index contributed by atoms with van der Waals surface area (Å²) in [7, 11) is 0. The van der Waals surface area contributed by atoms with Gasteiger partial charge in [-0.3, -0.25) is 4.40 Å². The number of rotatable bonds is 4. The van der Waals surface area contributed by atoms with Crippen LogP contribution in [-0.4, -0.2) is 41.1 Å². The van der Waals surface area contributed by atoms with Gasteiger partial charge in [0.15, 0.2) is 0 Å². The average molecular weight is 348 g/mol. The van der Waals surface area contributed by atoms with Crippen molar-refractivity contribution in [1.82, 2.24) is 29.0 Å². The van der Waals surface area contributed by atoms with Gasteiger partial charge in [-0.1, -0.05) is 6.92 Å². The highest BCUT2D eigenvalue weighted by Crippen LogP contribution is 2.26. The molecule has 1 saturated carbocycles. The van der Waals surface area contributed by atoms with E-state index in [2.05, 4.69) is 38.5 Å². The molecule has 0 saturated heterocycles. The Morgan fingerprint density at radius 2 is 2.04 bits per heavy atom. The third kappa shape index (κ3) is 2.41. The van der Waals surface area contributed by atoms with Gasteiger partial charge in [-0.25, -0.2) is 19.5 Å². The van der Waals surface area contributed by atoms with Crippen LogP contribution in [0.4, 0.5) is 5.95 Å². The van der Waals surface area contributed by atoms with E-state index in [1.807, 2.05) is 39.8 Å². The number of aryl methyl sites for hydroxylation is 1. The van der Waals surface area contributed by atoms with Gasteiger partial charge in [0.25, 0.3) is 0 Å². The number of nitrogens with two attached hydrogens (primary N) is 1. The molecule has 0 unspecified atom stereocenters. The van der Waals surface area contributed by atoms with Crippen LogP contribution in [0.25, 0.3) is 22.4 Å². The fourth-order valence-electron chi connectivity index (χ4n) is 3.49. The molecule has 0 aromatic carbocycles. The normalized spacial score (nSPS) is 19.8. The average Bonchev–Trinajstić information content (AvgIpc) is 3.23. The van der Waals surface area contributed by atoms with E-state index >= 15 is 0 Å². The second kappa shape index (κ2) is 5.77. The first-order chi connectivity index (χ1) is 12.7. The van der Waals surface area contributed by atoms with Crippen LogP contribution in [0.3, 0.4) is 0 Å². The summed E-state index contributed by atoms with van der Waals surface area (Å²) < 4.78 is 3.89. The van der Waals surface area contributed by atoms with Crippen LogP contribution >= 0.6 is 0 Å². The molecule has 0 aliphatic heterocycles. The van der Waals surface area contributed by atoms with E-state index < -0.39 is 0 Å². The highest BCUT2D eigenvalue weighted by Gasteiger charge is 2.26. The first-order valence-corrected chi connectivity index (χ1v) is 8.90. The summed E-state index contributed by atoms with van der Waals surface area (Å²) in [5, 5.41) is 7.91. The molecule has 0 spiro atoms. The van der Waals surface area contributed by atoms with Crippen molar-refractivity contribution in [3.8, 4) is 11.1 Å². The third-order valence-corrected chi connectivity index (χ3v) is 5.04. The molecule has 4 heterocycles. The second-order valence-electron chi connectivity index (χ2n) is 6.83. The van der Waals surface area contributed by atoms with Crippen LogP contribution in [0, 0.1) is 0 Å². The van der Waals surface area contributed by atoms with E-state index in [0.29, 0.717) is 18.0 Å². The number of fused-ring (bicyclic) bond motifs is 2. The number of aromatic nitrogens is 6. The summed E-state index contributed by atoms with van der Waals surface area (Å²) in [5.74, 6) is 1.35. The van der Waals surface area contributed by atoms with E-state index in [1.54, 1.807) is 0 Å². The lowest BCUT2D eigenvalue weighted by molar-refractivity contribution is 0.371. The Kier molecular flexibility index (Phi) is 3.39. The van der Waals surface area contributed by atoms with Crippen LogP contribution in [0.1, 0.15) is 25.5 Å². The fraction of sp³-hybridized carbons (Fsp3) is 0.333. The van der Waals surface area contributed by atoms with Gasteiger partial charge in [0.05, 0.1) is 17.9 Å². The maximum Gasteiger partial charge on any atom is 0.241 e. The maximum absolute atomic E-state index is 5.83. The van der Waals surface area contributed by atoms with Gasteiger partial charge in [0.2, 0.25) is 11.7 Å². The molecule has 0 amide bonds. The molecule has 8 nitrogen and oxygen atoms in total. The molecule has 1 aliphatic rings. The summed E-state index contributed by atoms with van der Waals surface area (Å²) in [6, 6.07) is 2.71. The minimum absolute atomic E-state index is 0.299. The van der Waals surface area contributed by atoms with E-state index in [9.17, 15) is 0 Å². The van der Waals surface area contributed by atoms with Crippen molar-refractivity contribution in [3.63, 3.8) is 0 Å². The Balaban J connectivity index is 1.51. The predicted octanol–water partition coefficient (Wildman–Crippen LogP) is 1.90. The zero-order valence-corrected chi connectivity index (χ0v) is 14.5. The van der Waals surface area contributed by atoms with E-state index in [0.717, 1.165) is 47.4 Å². The molecular weight excluding hydrogens is 328 g/mol. The van der Waals surface area contributed by atoms with Gasteiger partial charge in [0.1, 0.15) is 0 Å². The van der Waals surface area contributed by atoms with Crippen LogP contribution in [0.15, 0.2) is 37.1 Å². The zero-order chi connectivity index (χ0) is 17.7. The Morgan fingerprint density at radius 3 is 2.85 bits per heavy atom. The van der Waals surface area contributed by atoms with Gasteiger partial charge in [-0.15, -0.1) is 5.10 Å². The molecule has 3 N–H and O–H groups in total. The van der Waals surface area contributed by atoms with Gasteiger partial charge in [-0.2, -0.15) is 0 Å². The number of hydrogen-bond acceptors (Lipinski definition) is 6. The van der Waals surface area contributed by atoms with Crippen LogP contribution < -0.4 is 11.1 Å². The van der Waals surface area contributed by atoms with Gasteiger partial charge >= 0.3 is 0 Å². The lowest BCUT2D eigenvalue weighted by Crippen LogP contribution is -2.44. The Morgan fingerprint density at radius 1 is 1.19 bits per heavy atom. The molecule has 5 rings (SSSR count). The predicted molar refractivity (Wildman–Crippen MR) is 99.0 cm³/mol. The second-order valence-corrected chi connectivity index (χ2v) is 6.83. The molecule has 1 aliphatic carbocycles. The topological polar surface area (TPSA) is 98.4 Å². The van der Waals surface area contributed by atoms with Crippen LogP contribution in [-0.2, 0) is 6.42 Å². The minimum atomic E-state index is 0.299.